The molecule has 0 saturated carbocycles. The number of carboxylic acid groups (broad SMARTS) is 1. The molecule has 0 unspecified atom stereocenters. The lowest BCUT2D eigenvalue weighted by atomic mass is 10.0. The number of carboxylic acids is 1. The van der Waals surface area contributed by atoms with E-state index in [2.05, 4.69) is 10.3 Å². The molecule has 0 atom stereocenters. The smallest absolute Gasteiger partial charge is 0.339 e. The molecule has 5 rings (SSSR count). The molecular weight excluding hydrogens is 585 g/mol. The average molecular weight is 620 g/mol. The van der Waals surface area contributed by atoms with E-state index >= 15 is 0 Å². The number of piperidine rings is 1. The molecular formula is C34H35ClFN3O5. The summed E-state index contributed by atoms with van der Waals surface area (Å²) in [5.74, 6) is -0.410. The van der Waals surface area contributed by atoms with Crippen molar-refractivity contribution in [3.8, 4) is 17.2 Å². The van der Waals surface area contributed by atoms with Gasteiger partial charge in [-0.15, -0.1) is 12.4 Å². The molecule has 1 aliphatic heterocycles. The van der Waals surface area contributed by atoms with Crippen LogP contribution in [0.15, 0.2) is 84.9 Å². The van der Waals surface area contributed by atoms with Gasteiger partial charge in [0.15, 0.2) is 0 Å². The predicted octanol–water partition coefficient (Wildman–Crippen LogP) is 7.65. The van der Waals surface area contributed by atoms with Crippen molar-refractivity contribution in [1.29, 1.82) is 0 Å². The van der Waals surface area contributed by atoms with Gasteiger partial charge in [0.2, 0.25) is 5.91 Å². The van der Waals surface area contributed by atoms with Crippen LogP contribution >= 0.6 is 12.4 Å². The molecule has 2 N–H and O–H groups in total. The lowest BCUT2D eigenvalue weighted by Crippen LogP contribution is -2.40. The van der Waals surface area contributed by atoms with Crippen molar-refractivity contribution in [3.05, 3.63) is 107 Å². The first kappa shape index (κ1) is 32.2. The normalized spacial score (nSPS) is 12.6. The van der Waals surface area contributed by atoms with Crippen molar-refractivity contribution in [3.63, 3.8) is 0 Å². The second-order valence-corrected chi connectivity index (χ2v) is 10.4. The molecule has 1 heterocycles. The fourth-order valence-corrected chi connectivity index (χ4v) is 5.21. The summed E-state index contributed by atoms with van der Waals surface area (Å²) in [5.41, 5.74) is 7.29. The van der Waals surface area contributed by atoms with Gasteiger partial charge in [-0.3, -0.25) is 10.2 Å². The SMILES string of the molecule is COc1cc(CC(=O)N(Nc2ccc(Oc3ccc(F)cc3)cc2)c2c(C)cccc2N2CCCCC2)ccc1C(=O)O.Cl. The number of hydrogen-bond donors (Lipinski definition) is 2. The van der Waals surface area contributed by atoms with Gasteiger partial charge in [0.1, 0.15) is 28.6 Å². The van der Waals surface area contributed by atoms with Crippen LogP contribution in [0.25, 0.3) is 0 Å². The van der Waals surface area contributed by atoms with Crippen LogP contribution in [0, 0.1) is 12.7 Å². The number of carbonyl (C=O) groups is 2. The van der Waals surface area contributed by atoms with E-state index in [1.807, 2.05) is 37.3 Å². The number of benzene rings is 4. The third-order valence-electron chi connectivity index (χ3n) is 7.38. The number of aromatic carboxylic acids is 1. The summed E-state index contributed by atoms with van der Waals surface area (Å²) in [7, 11) is 1.41. The van der Waals surface area contributed by atoms with Crippen LogP contribution in [-0.4, -0.2) is 37.2 Å². The highest BCUT2D eigenvalue weighted by Gasteiger charge is 2.25. The number of hydrogen-bond acceptors (Lipinski definition) is 6. The highest BCUT2D eigenvalue weighted by molar-refractivity contribution is 6.01. The zero-order chi connectivity index (χ0) is 30.3. The van der Waals surface area contributed by atoms with Crippen molar-refractivity contribution in [2.45, 2.75) is 32.6 Å². The number of ether oxygens (including phenoxy) is 2. The Balaban J connectivity index is 0.00000442. The number of nitrogens with one attached hydrogen (secondary N) is 1. The number of para-hydroxylation sites is 1. The molecule has 1 amide bonds. The Kier molecular flexibility index (Phi) is 10.7. The van der Waals surface area contributed by atoms with E-state index in [0.29, 0.717) is 22.7 Å². The second kappa shape index (κ2) is 14.6. The van der Waals surface area contributed by atoms with Gasteiger partial charge >= 0.3 is 5.97 Å². The summed E-state index contributed by atoms with van der Waals surface area (Å²) in [4.78, 5) is 28.0. The van der Waals surface area contributed by atoms with Crippen LogP contribution in [0.3, 0.4) is 0 Å². The third kappa shape index (κ3) is 7.60. The first-order valence-corrected chi connectivity index (χ1v) is 14.2. The van der Waals surface area contributed by atoms with Crippen molar-refractivity contribution < 1.29 is 28.6 Å². The van der Waals surface area contributed by atoms with E-state index in [0.717, 1.165) is 42.9 Å². The van der Waals surface area contributed by atoms with Gasteiger partial charge < -0.3 is 19.5 Å². The van der Waals surface area contributed by atoms with Crippen molar-refractivity contribution in [1.82, 2.24) is 0 Å². The molecule has 4 aromatic rings. The molecule has 10 heteroatoms. The van der Waals surface area contributed by atoms with Gasteiger partial charge in [0, 0.05) is 13.1 Å². The summed E-state index contributed by atoms with van der Waals surface area (Å²) in [6, 6.07) is 23.6. The molecule has 4 aromatic carbocycles. The molecule has 44 heavy (non-hydrogen) atoms. The summed E-state index contributed by atoms with van der Waals surface area (Å²) in [6.07, 6.45) is 3.35. The molecule has 1 saturated heterocycles. The number of rotatable bonds is 10. The Morgan fingerprint density at radius 2 is 1.59 bits per heavy atom. The number of aryl methyl sites for hydroxylation is 1. The number of anilines is 3. The first-order chi connectivity index (χ1) is 20.8. The van der Waals surface area contributed by atoms with E-state index < -0.39 is 5.97 Å². The Morgan fingerprint density at radius 1 is 0.932 bits per heavy atom. The second-order valence-electron chi connectivity index (χ2n) is 10.4. The lowest BCUT2D eigenvalue weighted by molar-refractivity contribution is -0.117. The van der Waals surface area contributed by atoms with Crippen molar-refractivity contribution >= 4 is 41.3 Å². The van der Waals surface area contributed by atoms with Crippen LogP contribution in [0.4, 0.5) is 21.5 Å². The minimum Gasteiger partial charge on any atom is -0.496 e. The topological polar surface area (TPSA) is 91.3 Å². The number of methoxy groups -OCH3 is 1. The third-order valence-corrected chi connectivity index (χ3v) is 7.38. The molecule has 8 nitrogen and oxygen atoms in total. The van der Waals surface area contributed by atoms with Crippen molar-refractivity contribution in [2.75, 3.05) is 35.5 Å². The highest BCUT2D eigenvalue weighted by atomic mass is 35.5. The standard InChI is InChI=1S/C34H34FN3O5.ClH/c1-23-7-6-8-30(37-19-4-3-5-20-37)33(23)38(32(39)22-24-9-18-29(34(40)41)31(21-24)42-2)36-26-12-16-28(17-13-26)43-27-14-10-25(35)11-15-27;/h6-18,21,36H,3-5,19-20,22H2,1-2H3,(H,40,41);1H. The summed E-state index contributed by atoms with van der Waals surface area (Å²) >= 11 is 0. The fraction of sp³-hybridized carbons (Fsp3) is 0.235. The maximum absolute atomic E-state index is 14.1. The van der Waals surface area contributed by atoms with Crippen LogP contribution in [-0.2, 0) is 11.2 Å². The zero-order valence-corrected chi connectivity index (χ0v) is 25.4. The molecule has 0 spiro atoms. The fourth-order valence-electron chi connectivity index (χ4n) is 5.21. The first-order valence-electron chi connectivity index (χ1n) is 14.2. The van der Waals surface area contributed by atoms with Gasteiger partial charge in [-0.05, 0) is 104 Å². The summed E-state index contributed by atoms with van der Waals surface area (Å²) < 4.78 is 24.4. The number of hydrazine groups is 1. The van der Waals surface area contributed by atoms with E-state index in [4.69, 9.17) is 9.47 Å². The Morgan fingerprint density at radius 3 is 2.23 bits per heavy atom. The Hall–Kier alpha value is -4.76. The quantitative estimate of drug-likeness (QED) is 0.176. The summed E-state index contributed by atoms with van der Waals surface area (Å²) in [5, 5.41) is 11.1. The maximum Gasteiger partial charge on any atom is 0.339 e. The number of amides is 1. The van der Waals surface area contributed by atoms with Gasteiger partial charge in [0.25, 0.3) is 0 Å². The number of carbonyl (C=O) groups excluding carboxylic acids is 1. The molecule has 1 fully saturated rings. The van der Waals surface area contributed by atoms with Gasteiger partial charge in [0.05, 0.1) is 30.6 Å². The van der Waals surface area contributed by atoms with E-state index in [1.165, 1.54) is 31.7 Å². The zero-order valence-electron chi connectivity index (χ0n) is 24.6. The van der Waals surface area contributed by atoms with E-state index in [1.54, 1.807) is 41.4 Å². The van der Waals surface area contributed by atoms with Gasteiger partial charge in [-0.25, -0.2) is 14.2 Å². The molecule has 0 radical (unpaired) electrons. The predicted molar refractivity (Wildman–Crippen MR) is 172 cm³/mol. The van der Waals surface area contributed by atoms with Crippen LogP contribution in [0.5, 0.6) is 17.2 Å². The molecule has 0 aliphatic carbocycles. The van der Waals surface area contributed by atoms with Crippen molar-refractivity contribution in [2.24, 2.45) is 0 Å². The summed E-state index contributed by atoms with van der Waals surface area (Å²) in [6.45, 7) is 3.79. The van der Waals surface area contributed by atoms with E-state index in [9.17, 15) is 19.1 Å². The molecule has 0 bridgehead atoms. The minimum atomic E-state index is -1.10. The van der Waals surface area contributed by atoms with Gasteiger partial charge in [-0.1, -0.05) is 18.2 Å². The lowest BCUT2D eigenvalue weighted by Gasteiger charge is -2.35. The number of halogens is 2. The molecule has 0 aromatic heterocycles. The average Bonchev–Trinajstić information content (AvgIpc) is 3.02. The number of nitrogens with zero attached hydrogens (tertiary/aromatic N) is 2. The van der Waals surface area contributed by atoms with Crippen LogP contribution < -0.4 is 24.8 Å². The van der Waals surface area contributed by atoms with Crippen LogP contribution in [0.2, 0.25) is 0 Å². The molecule has 1 aliphatic rings. The minimum absolute atomic E-state index is 0. The van der Waals surface area contributed by atoms with E-state index in [-0.39, 0.29) is 41.9 Å². The Bertz CT molecular complexity index is 1590. The monoisotopic (exact) mass is 619 g/mol. The van der Waals surface area contributed by atoms with Crippen LogP contribution in [0.1, 0.15) is 40.7 Å². The molecule has 230 valence electrons. The highest BCUT2D eigenvalue weighted by Crippen LogP contribution is 2.36. The van der Waals surface area contributed by atoms with Gasteiger partial charge in [-0.2, -0.15) is 0 Å². The Labute approximate surface area is 262 Å². The largest absolute Gasteiger partial charge is 0.496 e. The maximum atomic E-state index is 14.1.